The number of para-hydroxylation sites is 2. The Morgan fingerprint density at radius 3 is 2.34 bits per heavy atom. The zero-order valence-electron chi connectivity index (χ0n) is 17.7. The Morgan fingerprint density at radius 1 is 0.812 bits per heavy atom. The number of amidine groups is 1. The average molecular weight is 436 g/mol. The zero-order valence-corrected chi connectivity index (χ0v) is 17.7. The lowest BCUT2D eigenvalue weighted by Crippen LogP contribution is -2.47. The highest BCUT2D eigenvalue weighted by Crippen LogP contribution is 2.38. The molecule has 1 N–H and O–H groups in total. The van der Waals surface area contributed by atoms with Crippen LogP contribution in [0.25, 0.3) is 11.1 Å². The lowest BCUT2D eigenvalue weighted by atomic mass is 9.99. The van der Waals surface area contributed by atoms with Gasteiger partial charge in [-0.3, -0.25) is 0 Å². The molecule has 0 saturated carbocycles. The summed E-state index contributed by atoms with van der Waals surface area (Å²) in [6, 6.07) is 19.1. The molecule has 2 heterocycles. The van der Waals surface area contributed by atoms with Gasteiger partial charge in [0.05, 0.1) is 16.9 Å². The van der Waals surface area contributed by atoms with Gasteiger partial charge in [0.15, 0.2) is 0 Å². The maximum atomic E-state index is 13.3. The molecule has 1 saturated heterocycles. The number of nitrogens with one attached hydrogen (secondary N) is 1. The number of nitrogens with zero attached hydrogens (tertiary/aromatic N) is 3. The van der Waals surface area contributed by atoms with Crippen molar-refractivity contribution >= 4 is 22.9 Å². The standard InChI is InChI=1S/C25H23F3N4/c1-31-11-13-32(14-12-31)24-20-16-18(17-5-4-6-19(15-17)25(26,27)28)9-10-21(20)29-22-7-2-3-8-23(22)30-24/h2-10,15-16,29H,11-14H2,1H3. The van der Waals surface area contributed by atoms with Crippen LogP contribution in [0.4, 0.5) is 30.2 Å². The summed E-state index contributed by atoms with van der Waals surface area (Å²) in [4.78, 5) is 9.54. The third-order valence-electron chi connectivity index (χ3n) is 5.99. The number of rotatable bonds is 1. The first kappa shape index (κ1) is 20.6. The number of halogens is 3. The first-order chi connectivity index (χ1) is 15.4. The first-order valence-electron chi connectivity index (χ1n) is 10.6. The predicted octanol–water partition coefficient (Wildman–Crippen LogP) is 5.76. The van der Waals surface area contributed by atoms with E-state index in [2.05, 4.69) is 22.2 Å². The van der Waals surface area contributed by atoms with E-state index in [0.29, 0.717) is 5.56 Å². The van der Waals surface area contributed by atoms with Gasteiger partial charge in [-0.1, -0.05) is 30.3 Å². The van der Waals surface area contributed by atoms with E-state index in [0.717, 1.165) is 66.3 Å². The fourth-order valence-electron chi connectivity index (χ4n) is 4.15. The molecule has 7 heteroatoms. The second kappa shape index (κ2) is 7.98. The highest BCUT2D eigenvalue weighted by Gasteiger charge is 2.30. The van der Waals surface area contributed by atoms with Gasteiger partial charge in [0.25, 0.3) is 0 Å². The van der Waals surface area contributed by atoms with Crippen LogP contribution in [0, 0.1) is 0 Å². The number of alkyl halides is 3. The van der Waals surface area contributed by atoms with Crippen LogP contribution >= 0.6 is 0 Å². The first-order valence-corrected chi connectivity index (χ1v) is 10.6. The van der Waals surface area contributed by atoms with Crippen LogP contribution in [0.15, 0.2) is 71.7 Å². The fraction of sp³-hybridized carbons (Fsp3) is 0.240. The molecule has 4 nitrogen and oxygen atoms in total. The molecule has 0 bridgehead atoms. The largest absolute Gasteiger partial charge is 0.416 e. The maximum absolute atomic E-state index is 13.3. The predicted molar refractivity (Wildman–Crippen MR) is 122 cm³/mol. The smallest absolute Gasteiger partial charge is 0.353 e. The van der Waals surface area contributed by atoms with Gasteiger partial charge in [-0.05, 0) is 54.6 Å². The second-order valence-corrected chi connectivity index (χ2v) is 8.21. The van der Waals surface area contributed by atoms with Gasteiger partial charge in [0.1, 0.15) is 5.84 Å². The van der Waals surface area contributed by atoms with E-state index in [1.807, 2.05) is 42.5 Å². The van der Waals surface area contributed by atoms with Gasteiger partial charge in [0.2, 0.25) is 0 Å². The van der Waals surface area contributed by atoms with Gasteiger partial charge in [-0.15, -0.1) is 0 Å². The van der Waals surface area contributed by atoms with Crippen molar-refractivity contribution in [1.82, 2.24) is 9.80 Å². The Hall–Kier alpha value is -3.32. The molecule has 164 valence electrons. The highest BCUT2D eigenvalue weighted by molar-refractivity contribution is 6.08. The summed E-state index contributed by atoms with van der Waals surface area (Å²) < 4.78 is 39.8. The molecular weight excluding hydrogens is 413 g/mol. The molecular formula is C25H23F3N4. The average Bonchev–Trinajstić information content (AvgIpc) is 2.95. The number of anilines is 2. The fourth-order valence-corrected chi connectivity index (χ4v) is 4.15. The SMILES string of the molecule is CN1CCN(C2=Nc3ccccc3Nc3ccc(-c4cccc(C(F)(F)F)c4)cc32)CC1. The number of fused-ring (bicyclic) bond motifs is 2. The minimum absolute atomic E-state index is 0.530. The summed E-state index contributed by atoms with van der Waals surface area (Å²) in [6.07, 6.45) is -4.38. The van der Waals surface area contributed by atoms with Crippen molar-refractivity contribution in [3.8, 4) is 11.1 Å². The van der Waals surface area contributed by atoms with Crippen molar-refractivity contribution in [2.75, 3.05) is 38.5 Å². The van der Waals surface area contributed by atoms with E-state index in [-0.39, 0.29) is 0 Å². The van der Waals surface area contributed by atoms with Crippen molar-refractivity contribution in [2.24, 2.45) is 4.99 Å². The number of benzene rings is 3. The van der Waals surface area contributed by atoms with Crippen LogP contribution in [0.5, 0.6) is 0 Å². The van der Waals surface area contributed by atoms with E-state index in [9.17, 15) is 13.2 Å². The summed E-state index contributed by atoms with van der Waals surface area (Å²) in [6.45, 7) is 3.53. The summed E-state index contributed by atoms with van der Waals surface area (Å²) >= 11 is 0. The number of piperazine rings is 1. The van der Waals surface area contributed by atoms with Crippen LogP contribution < -0.4 is 5.32 Å². The maximum Gasteiger partial charge on any atom is 0.416 e. The van der Waals surface area contributed by atoms with Crippen LogP contribution in [-0.2, 0) is 6.18 Å². The third kappa shape index (κ3) is 3.96. The number of aliphatic imine (C=N–C) groups is 1. The molecule has 0 unspecified atom stereocenters. The van der Waals surface area contributed by atoms with Crippen molar-refractivity contribution in [3.63, 3.8) is 0 Å². The molecule has 5 rings (SSSR count). The van der Waals surface area contributed by atoms with E-state index in [1.165, 1.54) is 12.1 Å². The monoisotopic (exact) mass is 436 g/mol. The second-order valence-electron chi connectivity index (χ2n) is 8.21. The highest BCUT2D eigenvalue weighted by atomic mass is 19.4. The molecule has 2 aliphatic heterocycles. The van der Waals surface area contributed by atoms with Crippen molar-refractivity contribution in [3.05, 3.63) is 77.9 Å². The number of likely N-dealkylation sites (N-methyl/N-ethyl adjacent to an activating group) is 1. The molecule has 3 aromatic carbocycles. The van der Waals surface area contributed by atoms with E-state index in [4.69, 9.17) is 4.99 Å². The normalized spacial score (nSPS) is 16.5. The van der Waals surface area contributed by atoms with Gasteiger partial charge in [0, 0.05) is 37.4 Å². The minimum Gasteiger partial charge on any atom is -0.353 e. The Morgan fingerprint density at radius 2 is 1.56 bits per heavy atom. The Kier molecular flexibility index (Phi) is 5.13. The van der Waals surface area contributed by atoms with Crippen molar-refractivity contribution in [1.29, 1.82) is 0 Å². The molecule has 0 radical (unpaired) electrons. The van der Waals surface area contributed by atoms with Gasteiger partial charge >= 0.3 is 6.18 Å². The van der Waals surface area contributed by atoms with E-state index in [1.54, 1.807) is 6.07 Å². The summed E-state index contributed by atoms with van der Waals surface area (Å²) in [5, 5.41) is 3.46. The Balaban J connectivity index is 1.62. The molecule has 32 heavy (non-hydrogen) atoms. The quantitative estimate of drug-likeness (QED) is 0.527. The number of hydrogen-bond acceptors (Lipinski definition) is 4. The molecule has 0 amide bonds. The zero-order chi connectivity index (χ0) is 22.3. The molecule has 0 spiro atoms. The molecule has 2 aliphatic rings. The van der Waals surface area contributed by atoms with E-state index >= 15 is 0 Å². The van der Waals surface area contributed by atoms with Crippen LogP contribution in [0.1, 0.15) is 11.1 Å². The summed E-state index contributed by atoms with van der Waals surface area (Å²) in [5.74, 6) is 0.847. The van der Waals surface area contributed by atoms with Gasteiger partial charge < -0.3 is 15.1 Å². The molecule has 0 aromatic heterocycles. The van der Waals surface area contributed by atoms with Crippen LogP contribution in [0.3, 0.4) is 0 Å². The lowest BCUT2D eigenvalue weighted by Gasteiger charge is -2.35. The third-order valence-corrected chi connectivity index (χ3v) is 5.99. The van der Waals surface area contributed by atoms with Crippen LogP contribution in [0.2, 0.25) is 0 Å². The Labute approximate surface area is 185 Å². The van der Waals surface area contributed by atoms with Gasteiger partial charge in [-0.2, -0.15) is 13.2 Å². The van der Waals surface area contributed by atoms with Crippen molar-refractivity contribution < 1.29 is 13.2 Å². The lowest BCUT2D eigenvalue weighted by molar-refractivity contribution is -0.137. The summed E-state index contributed by atoms with van der Waals surface area (Å²) in [5.41, 5.74) is 4.14. The van der Waals surface area contributed by atoms with Gasteiger partial charge in [-0.25, -0.2) is 4.99 Å². The molecule has 1 fully saturated rings. The number of hydrogen-bond donors (Lipinski definition) is 1. The molecule has 0 aliphatic carbocycles. The topological polar surface area (TPSA) is 30.9 Å². The van der Waals surface area contributed by atoms with E-state index < -0.39 is 11.7 Å². The Bertz CT molecular complexity index is 1180. The molecule has 0 atom stereocenters. The van der Waals surface area contributed by atoms with Crippen molar-refractivity contribution in [2.45, 2.75) is 6.18 Å². The summed E-state index contributed by atoms with van der Waals surface area (Å²) in [7, 11) is 2.10. The van der Waals surface area contributed by atoms with Crippen LogP contribution in [-0.4, -0.2) is 48.9 Å². The molecule has 3 aromatic rings. The minimum atomic E-state index is -4.38.